The number of rotatable bonds is 9. The van der Waals surface area contributed by atoms with Crippen LogP contribution < -0.4 is 14.8 Å². The number of anilines is 1. The molecule has 11 heteroatoms. The number of carbonyl (C=O) groups excluding carboxylic acids is 3. The summed E-state index contributed by atoms with van der Waals surface area (Å²) in [7, 11) is 1.53. The summed E-state index contributed by atoms with van der Waals surface area (Å²) in [5, 5.41) is 14.9. The predicted molar refractivity (Wildman–Crippen MR) is 156 cm³/mol. The molecule has 1 fully saturated rings. The van der Waals surface area contributed by atoms with Gasteiger partial charge in [0.05, 0.1) is 16.9 Å². The minimum Gasteiger partial charge on any atom is -0.497 e. The molecule has 10 nitrogen and oxygen atoms in total. The number of hydrogen-bond donors (Lipinski definition) is 1. The maximum Gasteiger partial charge on any atom is 0.294 e. The van der Waals surface area contributed by atoms with Crippen molar-refractivity contribution in [2.24, 2.45) is 0 Å². The van der Waals surface area contributed by atoms with Gasteiger partial charge in [0.15, 0.2) is 0 Å². The molecular formula is C30H23N3O7S. The van der Waals surface area contributed by atoms with E-state index >= 15 is 0 Å². The Balaban J connectivity index is 1.38. The van der Waals surface area contributed by atoms with Crippen LogP contribution in [0.15, 0.2) is 89.8 Å². The van der Waals surface area contributed by atoms with Gasteiger partial charge in [0, 0.05) is 23.4 Å². The van der Waals surface area contributed by atoms with Gasteiger partial charge >= 0.3 is 0 Å². The summed E-state index contributed by atoms with van der Waals surface area (Å²) in [4.78, 5) is 50.3. The number of imide groups is 1. The van der Waals surface area contributed by atoms with E-state index in [1.54, 1.807) is 48.5 Å². The fourth-order valence-electron chi connectivity index (χ4n) is 4.26. The van der Waals surface area contributed by atoms with E-state index in [1.807, 2.05) is 30.3 Å². The van der Waals surface area contributed by atoms with Crippen LogP contribution in [-0.2, 0) is 16.2 Å². The highest BCUT2D eigenvalue weighted by molar-refractivity contribution is 8.18. The first-order valence-corrected chi connectivity index (χ1v) is 13.2. The summed E-state index contributed by atoms with van der Waals surface area (Å²) in [6.07, 6.45) is 1.58. The van der Waals surface area contributed by atoms with Crippen molar-refractivity contribution in [3.63, 3.8) is 0 Å². The molecule has 5 rings (SSSR count). The number of methoxy groups -OCH3 is 1. The third-order valence-corrected chi connectivity index (χ3v) is 7.18. The third kappa shape index (κ3) is 6.20. The molecule has 0 atom stereocenters. The average Bonchev–Trinajstić information content (AvgIpc) is 3.24. The molecule has 1 saturated heterocycles. The molecule has 0 unspecified atom stereocenters. The Bertz CT molecular complexity index is 1700. The molecule has 0 saturated carbocycles. The fourth-order valence-corrected chi connectivity index (χ4v) is 5.08. The van der Waals surface area contributed by atoms with E-state index in [9.17, 15) is 24.5 Å². The lowest BCUT2D eigenvalue weighted by atomic mass is 10.0. The van der Waals surface area contributed by atoms with E-state index in [-0.39, 0.29) is 17.2 Å². The van der Waals surface area contributed by atoms with Gasteiger partial charge in [-0.05, 0) is 64.5 Å². The molecule has 1 heterocycles. The molecule has 0 aliphatic carbocycles. The van der Waals surface area contributed by atoms with Gasteiger partial charge in [0.25, 0.3) is 16.8 Å². The SMILES string of the molecule is COc1ccc(NC(=O)CN2C(=O)S/C(=C/c3c(OCc4cccc([N+](=O)[O-])c4)ccc4ccccc34)C2=O)cc1. The van der Waals surface area contributed by atoms with Crippen LogP contribution >= 0.6 is 11.8 Å². The number of ether oxygens (including phenoxy) is 2. The largest absolute Gasteiger partial charge is 0.497 e. The highest BCUT2D eigenvalue weighted by Crippen LogP contribution is 2.37. The topological polar surface area (TPSA) is 128 Å². The second-order valence-electron chi connectivity index (χ2n) is 8.96. The first-order valence-electron chi connectivity index (χ1n) is 12.4. The van der Waals surface area contributed by atoms with Crippen LogP contribution in [0.3, 0.4) is 0 Å². The zero-order valence-electron chi connectivity index (χ0n) is 21.7. The third-order valence-electron chi connectivity index (χ3n) is 6.27. The van der Waals surface area contributed by atoms with Crippen LogP contribution in [0.5, 0.6) is 11.5 Å². The van der Waals surface area contributed by atoms with Gasteiger partial charge in [-0.2, -0.15) is 0 Å². The van der Waals surface area contributed by atoms with Crippen molar-refractivity contribution in [2.75, 3.05) is 19.0 Å². The summed E-state index contributed by atoms with van der Waals surface area (Å²) in [6, 6.07) is 23.9. The molecule has 0 radical (unpaired) electrons. The molecule has 1 N–H and O–H groups in total. The summed E-state index contributed by atoms with van der Waals surface area (Å²) in [6.45, 7) is -0.395. The molecule has 1 aliphatic rings. The summed E-state index contributed by atoms with van der Waals surface area (Å²) in [5.74, 6) is -0.0625. The number of nitro groups is 1. The number of nitrogens with one attached hydrogen (secondary N) is 1. The minimum absolute atomic E-state index is 0.0467. The number of carbonyl (C=O) groups is 3. The zero-order chi connectivity index (χ0) is 28.9. The first-order chi connectivity index (χ1) is 19.8. The van der Waals surface area contributed by atoms with E-state index in [2.05, 4.69) is 5.32 Å². The van der Waals surface area contributed by atoms with E-state index in [4.69, 9.17) is 9.47 Å². The van der Waals surface area contributed by atoms with Gasteiger partial charge in [-0.3, -0.25) is 29.4 Å². The number of thioether (sulfide) groups is 1. The molecule has 4 aromatic carbocycles. The Kier molecular flexibility index (Phi) is 7.97. The lowest BCUT2D eigenvalue weighted by Gasteiger charge is -2.14. The molecule has 3 amide bonds. The number of fused-ring (bicyclic) bond motifs is 1. The molecule has 206 valence electrons. The molecule has 41 heavy (non-hydrogen) atoms. The van der Waals surface area contributed by atoms with Gasteiger partial charge < -0.3 is 14.8 Å². The number of nitro benzene ring substituents is 1. The smallest absolute Gasteiger partial charge is 0.294 e. The van der Waals surface area contributed by atoms with Gasteiger partial charge in [-0.1, -0.05) is 42.5 Å². The van der Waals surface area contributed by atoms with Crippen molar-refractivity contribution in [1.29, 1.82) is 0 Å². The van der Waals surface area contributed by atoms with Crippen LogP contribution in [-0.4, -0.2) is 40.5 Å². The average molecular weight is 570 g/mol. The second kappa shape index (κ2) is 11.9. The van der Waals surface area contributed by atoms with Gasteiger partial charge in [-0.25, -0.2) is 0 Å². The molecule has 0 bridgehead atoms. The highest BCUT2D eigenvalue weighted by atomic mass is 32.2. The van der Waals surface area contributed by atoms with Crippen LogP contribution in [0.4, 0.5) is 16.2 Å². The predicted octanol–water partition coefficient (Wildman–Crippen LogP) is 6.01. The Morgan fingerprint density at radius 2 is 1.80 bits per heavy atom. The first kappa shape index (κ1) is 27.4. The summed E-state index contributed by atoms with van der Waals surface area (Å²) in [5.41, 5.74) is 1.62. The van der Waals surface area contributed by atoms with E-state index in [0.717, 1.165) is 27.4 Å². The van der Waals surface area contributed by atoms with Crippen molar-refractivity contribution in [1.82, 2.24) is 4.90 Å². The lowest BCUT2D eigenvalue weighted by molar-refractivity contribution is -0.384. The standard InChI is InChI=1S/C30H23N3O7S/c1-39-23-12-10-21(11-13-23)31-28(34)17-32-29(35)27(41-30(32)36)16-25-24-8-3-2-6-20(24)9-14-26(25)40-18-19-5-4-7-22(15-19)33(37)38/h2-16H,17-18H2,1H3,(H,31,34)/b27-16+. The number of amides is 3. The second-order valence-corrected chi connectivity index (χ2v) is 9.95. The van der Waals surface area contributed by atoms with Crippen molar-refractivity contribution in [2.45, 2.75) is 6.61 Å². The van der Waals surface area contributed by atoms with Crippen molar-refractivity contribution in [3.8, 4) is 11.5 Å². The van der Waals surface area contributed by atoms with E-state index < -0.39 is 28.5 Å². The maximum absolute atomic E-state index is 13.2. The Hall–Kier alpha value is -5.16. The number of non-ortho nitro benzene ring substituents is 1. The zero-order valence-corrected chi connectivity index (χ0v) is 22.6. The number of nitrogens with zero attached hydrogens (tertiary/aromatic N) is 2. The molecule has 1 aliphatic heterocycles. The normalized spacial score (nSPS) is 14.0. The Labute approximate surface area is 238 Å². The van der Waals surface area contributed by atoms with Crippen LogP contribution in [0.1, 0.15) is 11.1 Å². The number of benzene rings is 4. The molecule has 0 aromatic heterocycles. The number of hydrogen-bond acceptors (Lipinski definition) is 8. The van der Waals surface area contributed by atoms with E-state index in [1.165, 1.54) is 19.2 Å². The molecule has 0 spiro atoms. The monoisotopic (exact) mass is 569 g/mol. The molecular weight excluding hydrogens is 546 g/mol. The van der Waals surface area contributed by atoms with Crippen LogP contribution in [0.2, 0.25) is 0 Å². The fraction of sp³-hybridized carbons (Fsp3) is 0.100. The minimum atomic E-state index is -0.595. The quantitative estimate of drug-likeness (QED) is 0.147. The Morgan fingerprint density at radius 3 is 2.56 bits per heavy atom. The van der Waals surface area contributed by atoms with Crippen molar-refractivity contribution >= 4 is 57.0 Å². The van der Waals surface area contributed by atoms with Crippen molar-refractivity contribution < 1.29 is 28.8 Å². The summed E-state index contributed by atoms with van der Waals surface area (Å²) < 4.78 is 11.2. The van der Waals surface area contributed by atoms with Crippen molar-refractivity contribution in [3.05, 3.63) is 111 Å². The van der Waals surface area contributed by atoms with Crippen LogP contribution in [0.25, 0.3) is 16.8 Å². The summed E-state index contributed by atoms with van der Waals surface area (Å²) >= 11 is 0.738. The van der Waals surface area contributed by atoms with Crippen LogP contribution in [0, 0.1) is 10.1 Å². The van der Waals surface area contributed by atoms with Gasteiger partial charge in [-0.15, -0.1) is 0 Å². The van der Waals surface area contributed by atoms with Gasteiger partial charge in [0.1, 0.15) is 24.7 Å². The highest BCUT2D eigenvalue weighted by Gasteiger charge is 2.36. The molecule has 4 aromatic rings. The maximum atomic E-state index is 13.2. The lowest BCUT2D eigenvalue weighted by Crippen LogP contribution is -2.36. The van der Waals surface area contributed by atoms with E-state index in [0.29, 0.717) is 28.3 Å². The Morgan fingerprint density at radius 1 is 1.02 bits per heavy atom. The van der Waals surface area contributed by atoms with Gasteiger partial charge in [0.2, 0.25) is 5.91 Å².